The van der Waals surface area contributed by atoms with E-state index in [9.17, 15) is 14.0 Å². The Morgan fingerprint density at radius 1 is 1.20 bits per heavy atom. The van der Waals surface area contributed by atoms with E-state index in [1.54, 1.807) is 25.2 Å². The van der Waals surface area contributed by atoms with Crippen molar-refractivity contribution in [3.8, 4) is 5.75 Å². The van der Waals surface area contributed by atoms with Crippen LogP contribution in [0.2, 0.25) is 5.02 Å². The summed E-state index contributed by atoms with van der Waals surface area (Å²) in [6.45, 7) is 0.427. The Morgan fingerprint density at radius 3 is 2.72 bits per heavy atom. The summed E-state index contributed by atoms with van der Waals surface area (Å²) in [5.41, 5.74) is 1.35. The summed E-state index contributed by atoms with van der Waals surface area (Å²) in [7, 11) is 1.56. The van der Waals surface area contributed by atoms with Gasteiger partial charge >= 0.3 is 0 Å². The second kappa shape index (κ2) is 9.03. The lowest BCUT2D eigenvalue weighted by molar-refractivity contribution is -0.121. The van der Waals surface area contributed by atoms with Gasteiger partial charge in [-0.05, 0) is 35.9 Å². The van der Waals surface area contributed by atoms with Crippen molar-refractivity contribution in [3.63, 3.8) is 0 Å². The Kier molecular flexibility index (Phi) is 6.77. The van der Waals surface area contributed by atoms with Gasteiger partial charge in [-0.25, -0.2) is 4.39 Å². The molecule has 0 aliphatic rings. The third kappa shape index (κ3) is 5.76. The van der Waals surface area contributed by atoms with Crippen LogP contribution in [-0.4, -0.2) is 25.5 Å². The van der Waals surface area contributed by atoms with Crippen LogP contribution in [0.4, 0.5) is 4.39 Å². The van der Waals surface area contributed by atoms with Gasteiger partial charge in [0, 0.05) is 19.2 Å². The number of carbonyl (C=O) groups is 2. The van der Waals surface area contributed by atoms with E-state index in [1.165, 1.54) is 12.1 Å². The monoisotopic (exact) mass is 364 g/mol. The molecule has 0 aromatic heterocycles. The molecule has 0 aliphatic carbocycles. The van der Waals surface area contributed by atoms with E-state index >= 15 is 0 Å². The molecule has 2 N–H and O–H groups in total. The summed E-state index contributed by atoms with van der Waals surface area (Å²) in [6, 6.07) is 10.8. The highest BCUT2D eigenvalue weighted by atomic mass is 35.5. The van der Waals surface area contributed by atoms with Crippen LogP contribution in [0.3, 0.4) is 0 Å². The largest absolute Gasteiger partial charge is 0.491 e. The molecule has 0 unspecified atom stereocenters. The quantitative estimate of drug-likeness (QED) is 0.793. The van der Waals surface area contributed by atoms with E-state index < -0.39 is 5.82 Å². The number of rotatable bonds is 7. The predicted molar refractivity (Wildman–Crippen MR) is 93.2 cm³/mol. The van der Waals surface area contributed by atoms with E-state index in [1.807, 2.05) is 6.07 Å². The molecule has 0 aliphatic heterocycles. The van der Waals surface area contributed by atoms with Crippen molar-refractivity contribution in [1.82, 2.24) is 10.6 Å². The number of nitrogens with one attached hydrogen (secondary N) is 2. The van der Waals surface area contributed by atoms with Gasteiger partial charge in [-0.3, -0.25) is 9.59 Å². The first-order valence-corrected chi connectivity index (χ1v) is 8.03. The minimum absolute atomic E-state index is 0.121. The third-order valence-corrected chi connectivity index (χ3v) is 3.68. The molecule has 0 bridgehead atoms. The molecule has 2 amide bonds. The second-order valence-electron chi connectivity index (χ2n) is 5.23. The smallest absolute Gasteiger partial charge is 0.251 e. The number of halogens is 2. The molecule has 0 heterocycles. The molecule has 2 aromatic carbocycles. The summed E-state index contributed by atoms with van der Waals surface area (Å²) in [5.74, 6) is -0.510. The van der Waals surface area contributed by atoms with Gasteiger partial charge in [0.2, 0.25) is 5.91 Å². The van der Waals surface area contributed by atoms with Crippen molar-refractivity contribution in [3.05, 3.63) is 64.4 Å². The average molecular weight is 365 g/mol. The van der Waals surface area contributed by atoms with Crippen molar-refractivity contribution in [2.24, 2.45) is 0 Å². The fourth-order valence-corrected chi connectivity index (χ4v) is 2.32. The predicted octanol–water partition coefficient (Wildman–Crippen LogP) is 2.92. The Balaban J connectivity index is 1.78. The Labute approximate surface area is 150 Å². The van der Waals surface area contributed by atoms with E-state index in [4.69, 9.17) is 16.3 Å². The van der Waals surface area contributed by atoms with Crippen LogP contribution < -0.4 is 15.4 Å². The first kappa shape index (κ1) is 18.7. The van der Waals surface area contributed by atoms with E-state index in [0.717, 1.165) is 11.6 Å². The number of hydrogen-bond donors (Lipinski definition) is 2. The van der Waals surface area contributed by atoms with Crippen molar-refractivity contribution in [2.45, 2.75) is 13.0 Å². The standard InChI is InChI=1S/C18H18ClFN2O3/c1-21-18(24)13-4-2-3-12(9-13)11-22-17(23)7-8-25-16-6-5-14(20)10-15(16)19/h2-6,9-10H,7-8,11H2,1H3,(H,21,24)(H,22,23). The number of hydrogen-bond acceptors (Lipinski definition) is 3. The minimum atomic E-state index is -0.450. The summed E-state index contributed by atoms with van der Waals surface area (Å²) in [4.78, 5) is 23.4. The van der Waals surface area contributed by atoms with Gasteiger partial charge in [0.05, 0.1) is 18.1 Å². The molecule has 0 saturated carbocycles. The highest BCUT2D eigenvalue weighted by Gasteiger charge is 2.07. The zero-order valence-corrected chi connectivity index (χ0v) is 14.4. The lowest BCUT2D eigenvalue weighted by atomic mass is 10.1. The zero-order chi connectivity index (χ0) is 18.2. The normalized spacial score (nSPS) is 10.2. The Hall–Kier alpha value is -2.60. The molecule has 0 spiro atoms. The molecule has 5 nitrogen and oxygen atoms in total. The van der Waals surface area contributed by atoms with Gasteiger partial charge in [-0.15, -0.1) is 0 Å². The molecule has 7 heteroatoms. The van der Waals surface area contributed by atoms with E-state index in [0.29, 0.717) is 17.9 Å². The molecule has 0 saturated heterocycles. The molecular weight excluding hydrogens is 347 g/mol. The summed E-state index contributed by atoms with van der Waals surface area (Å²) >= 11 is 5.84. The zero-order valence-electron chi connectivity index (χ0n) is 13.6. The van der Waals surface area contributed by atoms with Crippen LogP contribution in [0.1, 0.15) is 22.3 Å². The van der Waals surface area contributed by atoms with Gasteiger partial charge < -0.3 is 15.4 Å². The van der Waals surface area contributed by atoms with Crippen molar-refractivity contribution in [1.29, 1.82) is 0 Å². The van der Waals surface area contributed by atoms with Crippen LogP contribution >= 0.6 is 11.6 Å². The van der Waals surface area contributed by atoms with E-state index in [2.05, 4.69) is 10.6 Å². The van der Waals surface area contributed by atoms with Gasteiger partial charge in [0.25, 0.3) is 5.91 Å². The molecule has 2 rings (SSSR count). The molecule has 0 atom stereocenters. The number of benzene rings is 2. The lowest BCUT2D eigenvalue weighted by Crippen LogP contribution is -2.25. The molecule has 2 aromatic rings. The van der Waals surface area contributed by atoms with Crippen LogP contribution in [0, 0.1) is 5.82 Å². The molecule has 132 valence electrons. The van der Waals surface area contributed by atoms with Gasteiger partial charge in [-0.1, -0.05) is 23.7 Å². The summed E-state index contributed by atoms with van der Waals surface area (Å²) < 4.78 is 18.3. The molecule has 0 fully saturated rings. The van der Waals surface area contributed by atoms with E-state index in [-0.39, 0.29) is 29.9 Å². The number of amides is 2. The van der Waals surface area contributed by atoms with Crippen LogP contribution in [-0.2, 0) is 11.3 Å². The highest BCUT2D eigenvalue weighted by molar-refractivity contribution is 6.32. The SMILES string of the molecule is CNC(=O)c1cccc(CNC(=O)CCOc2ccc(F)cc2Cl)c1. The first-order valence-electron chi connectivity index (χ1n) is 7.65. The fraction of sp³-hybridized carbons (Fsp3) is 0.222. The van der Waals surface area contributed by atoms with Gasteiger partial charge in [-0.2, -0.15) is 0 Å². The fourth-order valence-electron chi connectivity index (χ4n) is 2.10. The maximum atomic E-state index is 12.9. The molecular formula is C18H18ClFN2O3. The third-order valence-electron chi connectivity index (χ3n) is 3.39. The van der Waals surface area contributed by atoms with Crippen LogP contribution in [0.5, 0.6) is 5.75 Å². The summed E-state index contributed by atoms with van der Waals surface area (Å²) in [6.07, 6.45) is 0.128. The lowest BCUT2D eigenvalue weighted by Gasteiger charge is -2.09. The summed E-state index contributed by atoms with van der Waals surface area (Å²) in [5, 5.41) is 5.46. The average Bonchev–Trinajstić information content (AvgIpc) is 2.61. The topological polar surface area (TPSA) is 67.4 Å². The maximum absolute atomic E-state index is 12.9. The van der Waals surface area contributed by atoms with Crippen LogP contribution in [0.25, 0.3) is 0 Å². The van der Waals surface area contributed by atoms with Crippen molar-refractivity contribution >= 4 is 23.4 Å². The Bertz CT molecular complexity index is 768. The van der Waals surface area contributed by atoms with Gasteiger partial charge in [0.1, 0.15) is 11.6 Å². The first-order chi connectivity index (χ1) is 12.0. The second-order valence-corrected chi connectivity index (χ2v) is 5.64. The molecule has 0 radical (unpaired) electrons. The van der Waals surface area contributed by atoms with Gasteiger partial charge in [0.15, 0.2) is 0 Å². The minimum Gasteiger partial charge on any atom is -0.491 e. The molecule has 25 heavy (non-hydrogen) atoms. The van der Waals surface area contributed by atoms with Crippen LogP contribution in [0.15, 0.2) is 42.5 Å². The number of ether oxygens (including phenoxy) is 1. The highest BCUT2D eigenvalue weighted by Crippen LogP contribution is 2.24. The van der Waals surface area contributed by atoms with Crippen molar-refractivity contribution < 1.29 is 18.7 Å². The maximum Gasteiger partial charge on any atom is 0.251 e. The number of carbonyl (C=O) groups excluding carboxylic acids is 2. The Morgan fingerprint density at radius 2 is 2.00 bits per heavy atom. The van der Waals surface area contributed by atoms with Crippen molar-refractivity contribution in [2.75, 3.05) is 13.7 Å².